The van der Waals surface area contributed by atoms with Crippen LogP contribution in [0.25, 0.3) is 5.69 Å². The number of carbonyl (C=O) groups is 2. The molecular weight excluding hydrogens is 378 g/mol. The maximum Gasteiger partial charge on any atom is 0.312 e. The second kappa shape index (κ2) is 9.26. The standard InChI is InChI=1S/C23H27N5O2/c1-15-9-7-8-12-19(15)21(26-23(24)30)13-22(29)25-14-20-16(2)27-28(17(20)3)18-10-5-4-6-11-18/h4-12,21H,13-14H2,1-3H3,(H,25,29)(H3,24,26,30). The van der Waals surface area contributed by atoms with Gasteiger partial charge in [0, 0.05) is 17.8 Å². The molecule has 0 aliphatic heterocycles. The highest BCUT2D eigenvalue weighted by atomic mass is 16.2. The Bertz CT molecular complexity index is 1040. The van der Waals surface area contributed by atoms with Crippen LogP contribution in [-0.2, 0) is 11.3 Å². The molecule has 7 nitrogen and oxygen atoms in total. The van der Waals surface area contributed by atoms with Crippen LogP contribution >= 0.6 is 0 Å². The quantitative estimate of drug-likeness (QED) is 0.562. The summed E-state index contributed by atoms with van der Waals surface area (Å²) in [5, 5.41) is 10.2. The van der Waals surface area contributed by atoms with E-state index in [9.17, 15) is 9.59 Å². The van der Waals surface area contributed by atoms with Crippen LogP contribution in [0.1, 0.15) is 40.5 Å². The molecule has 156 valence electrons. The summed E-state index contributed by atoms with van der Waals surface area (Å²) in [7, 11) is 0. The molecule has 0 spiro atoms. The molecule has 0 radical (unpaired) electrons. The van der Waals surface area contributed by atoms with E-state index in [0.717, 1.165) is 33.8 Å². The van der Waals surface area contributed by atoms with Gasteiger partial charge in [-0.1, -0.05) is 42.5 Å². The van der Waals surface area contributed by atoms with Crippen LogP contribution in [0.3, 0.4) is 0 Å². The molecule has 0 aliphatic rings. The number of para-hydroxylation sites is 1. The maximum absolute atomic E-state index is 12.7. The Morgan fingerprint density at radius 2 is 1.70 bits per heavy atom. The van der Waals surface area contributed by atoms with Gasteiger partial charge in [-0.05, 0) is 44.0 Å². The number of hydrogen-bond acceptors (Lipinski definition) is 3. The van der Waals surface area contributed by atoms with Crippen LogP contribution in [0.4, 0.5) is 4.79 Å². The number of primary amides is 1. The molecule has 30 heavy (non-hydrogen) atoms. The molecule has 3 amide bonds. The third-order valence-electron chi connectivity index (χ3n) is 5.17. The van der Waals surface area contributed by atoms with Crippen molar-refractivity contribution in [2.24, 2.45) is 5.73 Å². The minimum atomic E-state index is -0.660. The minimum Gasteiger partial charge on any atom is -0.352 e. The van der Waals surface area contributed by atoms with Crippen molar-refractivity contribution in [3.63, 3.8) is 0 Å². The van der Waals surface area contributed by atoms with Crippen molar-refractivity contribution < 1.29 is 9.59 Å². The lowest BCUT2D eigenvalue weighted by Gasteiger charge is -2.19. The number of carbonyl (C=O) groups excluding carboxylic acids is 2. The summed E-state index contributed by atoms with van der Waals surface area (Å²) < 4.78 is 1.88. The number of urea groups is 1. The Labute approximate surface area is 176 Å². The highest BCUT2D eigenvalue weighted by Crippen LogP contribution is 2.21. The predicted molar refractivity (Wildman–Crippen MR) is 116 cm³/mol. The highest BCUT2D eigenvalue weighted by Gasteiger charge is 2.20. The van der Waals surface area contributed by atoms with Crippen LogP contribution in [0, 0.1) is 20.8 Å². The number of amides is 3. The molecule has 1 atom stereocenters. The molecule has 0 fully saturated rings. The van der Waals surface area contributed by atoms with Crippen molar-refractivity contribution in [3.8, 4) is 5.69 Å². The smallest absolute Gasteiger partial charge is 0.312 e. The first-order valence-electron chi connectivity index (χ1n) is 9.85. The van der Waals surface area contributed by atoms with Gasteiger partial charge < -0.3 is 16.4 Å². The molecule has 1 aromatic heterocycles. The van der Waals surface area contributed by atoms with Gasteiger partial charge in [-0.2, -0.15) is 5.10 Å². The number of aryl methyl sites for hydroxylation is 2. The van der Waals surface area contributed by atoms with E-state index in [1.54, 1.807) is 0 Å². The SMILES string of the molecule is Cc1ccccc1C(CC(=O)NCc1c(C)nn(-c2ccccc2)c1C)NC(N)=O. The molecule has 0 aliphatic carbocycles. The number of nitrogens with one attached hydrogen (secondary N) is 2. The van der Waals surface area contributed by atoms with Gasteiger partial charge in [-0.25, -0.2) is 9.48 Å². The monoisotopic (exact) mass is 405 g/mol. The zero-order valence-electron chi connectivity index (χ0n) is 17.5. The second-order valence-electron chi connectivity index (χ2n) is 7.30. The Hall–Kier alpha value is -3.61. The molecule has 1 heterocycles. The number of aromatic nitrogens is 2. The zero-order chi connectivity index (χ0) is 21.7. The van der Waals surface area contributed by atoms with Crippen LogP contribution in [0.15, 0.2) is 54.6 Å². The van der Waals surface area contributed by atoms with E-state index >= 15 is 0 Å². The topological polar surface area (TPSA) is 102 Å². The summed E-state index contributed by atoms with van der Waals surface area (Å²) >= 11 is 0. The molecule has 0 bridgehead atoms. The van der Waals surface area contributed by atoms with Crippen LogP contribution in [-0.4, -0.2) is 21.7 Å². The molecule has 7 heteroatoms. The second-order valence-corrected chi connectivity index (χ2v) is 7.30. The first-order chi connectivity index (χ1) is 14.4. The normalized spacial score (nSPS) is 11.7. The van der Waals surface area contributed by atoms with E-state index in [1.165, 1.54) is 0 Å². The number of hydrogen-bond donors (Lipinski definition) is 3. The van der Waals surface area contributed by atoms with Crippen molar-refractivity contribution >= 4 is 11.9 Å². The molecule has 0 saturated carbocycles. The zero-order valence-corrected chi connectivity index (χ0v) is 17.5. The molecule has 0 saturated heterocycles. The van der Waals surface area contributed by atoms with Gasteiger partial charge in [0.2, 0.25) is 5.91 Å². The summed E-state index contributed by atoms with van der Waals surface area (Å²) in [6.07, 6.45) is 0.0959. The lowest BCUT2D eigenvalue weighted by atomic mass is 9.98. The summed E-state index contributed by atoms with van der Waals surface area (Å²) in [5.74, 6) is -0.178. The highest BCUT2D eigenvalue weighted by molar-refractivity contribution is 5.79. The van der Waals surface area contributed by atoms with E-state index in [2.05, 4.69) is 15.7 Å². The molecule has 3 rings (SSSR count). The van der Waals surface area contributed by atoms with Crippen molar-refractivity contribution in [2.45, 2.75) is 39.8 Å². The van der Waals surface area contributed by atoms with Gasteiger partial charge in [0.15, 0.2) is 0 Å². The third-order valence-corrected chi connectivity index (χ3v) is 5.17. The van der Waals surface area contributed by atoms with Crippen LogP contribution < -0.4 is 16.4 Å². The number of benzene rings is 2. The number of nitrogens with two attached hydrogens (primary N) is 1. The van der Waals surface area contributed by atoms with Gasteiger partial charge in [-0.3, -0.25) is 4.79 Å². The van der Waals surface area contributed by atoms with Gasteiger partial charge in [0.25, 0.3) is 0 Å². The van der Waals surface area contributed by atoms with Gasteiger partial charge in [0.1, 0.15) is 0 Å². The Morgan fingerprint density at radius 3 is 2.37 bits per heavy atom. The first-order valence-corrected chi connectivity index (χ1v) is 9.85. The summed E-state index contributed by atoms with van der Waals surface area (Å²) in [4.78, 5) is 24.1. The van der Waals surface area contributed by atoms with Gasteiger partial charge in [-0.15, -0.1) is 0 Å². The fourth-order valence-electron chi connectivity index (χ4n) is 3.58. The van der Waals surface area contributed by atoms with E-state index in [-0.39, 0.29) is 12.3 Å². The summed E-state index contributed by atoms with van der Waals surface area (Å²) in [6, 6.07) is 16.3. The fraction of sp³-hybridized carbons (Fsp3) is 0.261. The van der Waals surface area contributed by atoms with Gasteiger partial charge in [0.05, 0.1) is 23.8 Å². The lowest BCUT2D eigenvalue weighted by molar-refractivity contribution is -0.121. The van der Waals surface area contributed by atoms with Crippen molar-refractivity contribution in [3.05, 3.63) is 82.7 Å². The first kappa shape index (κ1) is 21.1. The average Bonchev–Trinajstić information content (AvgIpc) is 3.00. The lowest BCUT2D eigenvalue weighted by Crippen LogP contribution is -2.37. The Balaban J connectivity index is 1.71. The van der Waals surface area contributed by atoms with Crippen molar-refractivity contribution in [1.82, 2.24) is 20.4 Å². The van der Waals surface area contributed by atoms with E-state index < -0.39 is 12.1 Å². The van der Waals surface area contributed by atoms with Crippen molar-refractivity contribution in [2.75, 3.05) is 0 Å². The summed E-state index contributed by atoms with van der Waals surface area (Å²) in [6.45, 7) is 6.21. The predicted octanol–water partition coefficient (Wildman–Crippen LogP) is 3.21. The van der Waals surface area contributed by atoms with E-state index in [4.69, 9.17) is 5.73 Å². The van der Waals surface area contributed by atoms with Gasteiger partial charge >= 0.3 is 6.03 Å². The largest absolute Gasteiger partial charge is 0.352 e. The Kier molecular flexibility index (Phi) is 6.51. The molecule has 1 unspecified atom stereocenters. The van der Waals surface area contributed by atoms with E-state index in [1.807, 2.05) is 80.1 Å². The number of rotatable bonds is 7. The van der Waals surface area contributed by atoms with E-state index in [0.29, 0.717) is 6.54 Å². The molecule has 2 aromatic carbocycles. The molecule has 3 aromatic rings. The van der Waals surface area contributed by atoms with Crippen LogP contribution in [0.5, 0.6) is 0 Å². The Morgan fingerprint density at radius 1 is 1.03 bits per heavy atom. The number of nitrogens with zero attached hydrogens (tertiary/aromatic N) is 2. The molecular formula is C23H27N5O2. The third kappa shape index (κ3) is 4.86. The van der Waals surface area contributed by atoms with Crippen LogP contribution in [0.2, 0.25) is 0 Å². The average molecular weight is 406 g/mol. The molecule has 4 N–H and O–H groups in total. The van der Waals surface area contributed by atoms with Crippen molar-refractivity contribution in [1.29, 1.82) is 0 Å². The minimum absolute atomic E-state index is 0.0959. The summed E-state index contributed by atoms with van der Waals surface area (Å²) in [5.41, 5.74) is 11.0. The fourth-order valence-corrected chi connectivity index (χ4v) is 3.58. The maximum atomic E-state index is 12.7.